The van der Waals surface area contributed by atoms with Crippen LogP contribution in [0.25, 0.3) is 10.9 Å². The molecule has 0 saturated heterocycles. The number of benzene rings is 2. The first-order valence-electron chi connectivity index (χ1n) is 9.56. The quantitative estimate of drug-likeness (QED) is 0.674. The van der Waals surface area contributed by atoms with Gasteiger partial charge in [-0.05, 0) is 36.6 Å². The van der Waals surface area contributed by atoms with Gasteiger partial charge < -0.3 is 5.32 Å². The predicted octanol–water partition coefficient (Wildman–Crippen LogP) is 3.20. The van der Waals surface area contributed by atoms with Gasteiger partial charge in [-0.25, -0.2) is 4.79 Å². The molecular weight excluding hydrogens is 390 g/mol. The second-order valence-electron chi connectivity index (χ2n) is 7.51. The number of aromatic nitrogens is 2. The molecule has 0 aliphatic carbocycles. The van der Waals surface area contributed by atoms with Crippen molar-refractivity contribution < 1.29 is 4.79 Å². The van der Waals surface area contributed by atoms with Gasteiger partial charge in [0.05, 0.1) is 17.4 Å². The Bertz CT molecular complexity index is 1150. The molecule has 1 aromatic heterocycles. The van der Waals surface area contributed by atoms with Gasteiger partial charge in [-0.3, -0.25) is 18.7 Å². The second-order valence-corrected chi connectivity index (χ2v) is 7.94. The van der Waals surface area contributed by atoms with Crippen LogP contribution in [0.5, 0.6) is 0 Å². The smallest absolute Gasteiger partial charge is 0.332 e. The highest BCUT2D eigenvalue weighted by Crippen LogP contribution is 2.19. The van der Waals surface area contributed by atoms with E-state index in [2.05, 4.69) is 5.32 Å². The fraction of sp³-hybridized carbons (Fsp3) is 0.318. The first kappa shape index (κ1) is 20.9. The normalized spacial score (nSPS) is 12.3. The maximum Gasteiger partial charge on any atom is 0.332 e. The summed E-state index contributed by atoms with van der Waals surface area (Å²) in [5, 5.41) is 3.58. The Morgan fingerprint density at radius 2 is 1.76 bits per heavy atom. The molecule has 1 N–H and O–H groups in total. The van der Waals surface area contributed by atoms with Crippen molar-refractivity contribution in [1.82, 2.24) is 14.5 Å². The zero-order chi connectivity index (χ0) is 21.1. The van der Waals surface area contributed by atoms with Crippen molar-refractivity contribution >= 4 is 28.4 Å². The maximum atomic E-state index is 13.3. The molecule has 2 aromatic carbocycles. The maximum absolute atomic E-state index is 13.3. The molecule has 7 heteroatoms. The Balaban J connectivity index is 2.19. The van der Waals surface area contributed by atoms with Crippen LogP contribution in [0.15, 0.2) is 58.1 Å². The summed E-state index contributed by atoms with van der Waals surface area (Å²) in [7, 11) is 0. The Hall–Kier alpha value is -2.86. The van der Waals surface area contributed by atoms with Gasteiger partial charge in [-0.1, -0.05) is 55.8 Å². The largest absolute Gasteiger partial charge is 0.354 e. The minimum atomic E-state index is -0.801. The lowest BCUT2D eigenvalue weighted by Crippen LogP contribution is -2.45. The van der Waals surface area contributed by atoms with E-state index in [9.17, 15) is 14.4 Å². The van der Waals surface area contributed by atoms with Crippen molar-refractivity contribution in [2.24, 2.45) is 5.92 Å². The number of amides is 1. The van der Waals surface area contributed by atoms with Crippen LogP contribution in [-0.4, -0.2) is 21.6 Å². The van der Waals surface area contributed by atoms with Crippen LogP contribution in [-0.2, 0) is 11.3 Å². The van der Waals surface area contributed by atoms with Gasteiger partial charge in [0.2, 0.25) is 5.91 Å². The molecule has 1 heterocycles. The minimum Gasteiger partial charge on any atom is -0.354 e. The van der Waals surface area contributed by atoms with Crippen LogP contribution >= 0.6 is 11.6 Å². The van der Waals surface area contributed by atoms with Gasteiger partial charge >= 0.3 is 5.69 Å². The summed E-state index contributed by atoms with van der Waals surface area (Å²) in [6, 6.07) is 13.2. The molecule has 0 bridgehead atoms. The first-order valence-corrected chi connectivity index (χ1v) is 9.93. The third-order valence-corrected chi connectivity index (χ3v) is 5.00. The summed E-state index contributed by atoms with van der Waals surface area (Å²) in [5.41, 5.74) is 0.227. The van der Waals surface area contributed by atoms with E-state index in [-0.39, 0.29) is 18.4 Å². The lowest BCUT2D eigenvalue weighted by atomic mass is 10.2. The number of hydrogen-bond acceptors (Lipinski definition) is 3. The second kappa shape index (κ2) is 8.66. The third kappa shape index (κ3) is 4.43. The van der Waals surface area contributed by atoms with Crippen molar-refractivity contribution in [3.05, 3.63) is 80.0 Å². The molecule has 0 spiro atoms. The fourth-order valence-electron chi connectivity index (χ4n) is 3.20. The number of nitrogens with one attached hydrogen (secondary N) is 1. The van der Waals surface area contributed by atoms with Crippen molar-refractivity contribution in [2.45, 2.75) is 33.4 Å². The molecule has 1 amide bonds. The van der Waals surface area contributed by atoms with E-state index in [1.165, 1.54) is 4.57 Å². The summed E-state index contributed by atoms with van der Waals surface area (Å²) < 4.78 is 2.51. The van der Waals surface area contributed by atoms with E-state index >= 15 is 0 Å². The Morgan fingerprint density at radius 3 is 2.41 bits per heavy atom. The number of fused-ring (bicyclic) bond motifs is 1. The highest BCUT2D eigenvalue weighted by atomic mass is 35.5. The van der Waals surface area contributed by atoms with E-state index in [1.54, 1.807) is 25.1 Å². The summed E-state index contributed by atoms with van der Waals surface area (Å²) >= 11 is 6.13. The average Bonchev–Trinajstić information content (AvgIpc) is 2.69. The number of halogens is 1. The number of nitrogens with zero attached hydrogens (tertiary/aromatic N) is 2. The number of carbonyl (C=O) groups is 1. The van der Waals surface area contributed by atoms with Crippen LogP contribution in [0.3, 0.4) is 0 Å². The van der Waals surface area contributed by atoms with Gasteiger partial charge in [-0.2, -0.15) is 0 Å². The van der Waals surface area contributed by atoms with Crippen molar-refractivity contribution in [2.75, 3.05) is 6.54 Å². The summed E-state index contributed by atoms with van der Waals surface area (Å²) in [4.78, 5) is 39.0. The zero-order valence-corrected chi connectivity index (χ0v) is 17.4. The first-order chi connectivity index (χ1) is 13.8. The van der Waals surface area contributed by atoms with Crippen molar-refractivity contribution in [1.29, 1.82) is 0 Å². The fourth-order valence-corrected chi connectivity index (χ4v) is 3.37. The third-order valence-electron chi connectivity index (χ3n) is 4.77. The standard InChI is InChI=1S/C22H24ClN3O3/c1-14(2)12-24-20(27)15(3)26-19-11-17(23)9-10-18(19)21(28)25(22(26)29)13-16-7-5-4-6-8-16/h4-11,14-15H,12-13H2,1-3H3,(H,24,27)/t15-/m1/s1. The molecule has 0 aliphatic heterocycles. The Kier molecular flexibility index (Phi) is 6.23. The molecule has 29 heavy (non-hydrogen) atoms. The SMILES string of the molecule is CC(C)CNC(=O)[C@@H](C)n1c(=O)n(Cc2ccccc2)c(=O)c2ccc(Cl)cc21. The summed E-state index contributed by atoms with van der Waals surface area (Å²) in [6.07, 6.45) is 0. The molecule has 0 radical (unpaired) electrons. The van der Waals surface area contributed by atoms with E-state index < -0.39 is 17.3 Å². The minimum absolute atomic E-state index is 0.122. The van der Waals surface area contributed by atoms with Gasteiger partial charge in [0, 0.05) is 11.6 Å². The lowest BCUT2D eigenvalue weighted by Gasteiger charge is -2.20. The van der Waals surface area contributed by atoms with E-state index in [1.807, 2.05) is 44.2 Å². The summed E-state index contributed by atoms with van der Waals surface area (Å²) in [5.74, 6) is -0.00641. The van der Waals surface area contributed by atoms with Gasteiger partial charge in [0.15, 0.2) is 0 Å². The molecule has 3 rings (SSSR count). The Morgan fingerprint density at radius 1 is 1.07 bits per heavy atom. The highest BCUT2D eigenvalue weighted by Gasteiger charge is 2.22. The average molecular weight is 414 g/mol. The molecule has 0 saturated carbocycles. The zero-order valence-electron chi connectivity index (χ0n) is 16.7. The molecule has 0 aliphatic rings. The van der Waals surface area contributed by atoms with E-state index in [0.717, 1.165) is 10.1 Å². The molecule has 6 nitrogen and oxygen atoms in total. The van der Waals surface area contributed by atoms with Crippen LogP contribution < -0.4 is 16.6 Å². The highest BCUT2D eigenvalue weighted by molar-refractivity contribution is 6.31. The van der Waals surface area contributed by atoms with Crippen LogP contribution in [0.4, 0.5) is 0 Å². The molecule has 152 valence electrons. The number of hydrogen-bond donors (Lipinski definition) is 1. The Labute approximate surface area is 173 Å². The number of rotatable bonds is 6. The van der Waals surface area contributed by atoms with Crippen LogP contribution in [0.1, 0.15) is 32.4 Å². The topological polar surface area (TPSA) is 73.1 Å². The molecule has 1 atom stereocenters. The molecule has 0 fully saturated rings. The molecule has 3 aromatic rings. The molecular formula is C22H24ClN3O3. The van der Waals surface area contributed by atoms with Crippen LogP contribution in [0.2, 0.25) is 5.02 Å². The lowest BCUT2D eigenvalue weighted by molar-refractivity contribution is -0.124. The summed E-state index contributed by atoms with van der Waals surface area (Å²) in [6.45, 7) is 6.26. The van der Waals surface area contributed by atoms with Crippen LogP contribution in [0, 0.1) is 5.92 Å². The van der Waals surface area contributed by atoms with Gasteiger partial charge in [0.25, 0.3) is 5.56 Å². The predicted molar refractivity (Wildman–Crippen MR) is 116 cm³/mol. The van der Waals surface area contributed by atoms with E-state index in [4.69, 9.17) is 11.6 Å². The monoisotopic (exact) mass is 413 g/mol. The van der Waals surface area contributed by atoms with E-state index in [0.29, 0.717) is 22.5 Å². The number of carbonyl (C=O) groups excluding carboxylic acids is 1. The van der Waals surface area contributed by atoms with Gasteiger partial charge in [0.1, 0.15) is 6.04 Å². The van der Waals surface area contributed by atoms with Gasteiger partial charge in [-0.15, -0.1) is 0 Å². The molecule has 0 unspecified atom stereocenters. The van der Waals surface area contributed by atoms with Crippen molar-refractivity contribution in [3.63, 3.8) is 0 Å². The van der Waals surface area contributed by atoms with Crippen molar-refractivity contribution in [3.8, 4) is 0 Å².